The van der Waals surface area contributed by atoms with Crippen LogP contribution in [-0.4, -0.2) is 5.12 Å². The predicted octanol–water partition coefficient (Wildman–Crippen LogP) is 5.91. The Labute approximate surface area is 145 Å². The average Bonchev–Trinajstić information content (AvgIpc) is 2.62. The molecule has 0 bridgehead atoms. The second-order valence-electron chi connectivity index (χ2n) is 4.96. The van der Waals surface area contributed by atoms with E-state index in [0.717, 1.165) is 21.8 Å². The van der Waals surface area contributed by atoms with Gasteiger partial charge in [-0.1, -0.05) is 60.7 Å². The van der Waals surface area contributed by atoms with E-state index in [1.807, 2.05) is 72.8 Å². The Kier molecular flexibility index (Phi) is 5.56. The summed E-state index contributed by atoms with van der Waals surface area (Å²) < 4.78 is 0. The van der Waals surface area contributed by atoms with E-state index in [9.17, 15) is 4.79 Å². The first kappa shape index (κ1) is 15.9. The van der Waals surface area contributed by atoms with Crippen molar-refractivity contribution in [1.29, 1.82) is 0 Å². The maximum Gasteiger partial charge on any atom is 0.224 e. The van der Waals surface area contributed by atoms with Crippen LogP contribution in [0.5, 0.6) is 0 Å². The zero-order valence-corrected chi connectivity index (χ0v) is 14.1. The number of thioether (sulfide) groups is 2. The fourth-order valence-corrected chi connectivity index (χ4v) is 3.91. The van der Waals surface area contributed by atoms with Crippen molar-refractivity contribution in [2.75, 3.05) is 0 Å². The van der Waals surface area contributed by atoms with Gasteiger partial charge in [-0.15, -0.1) is 11.8 Å². The Bertz CT molecular complexity index is 770. The van der Waals surface area contributed by atoms with Gasteiger partial charge in [-0.3, -0.25) is 4.79 Å². The Morgan fingerprint density at radius 1 is 0.696 bits per heavy atom. The van der Waals surface area contributed by atoms with E-state index in [4.69, 9.17) is 0 Å². The molecule has 3 rings (SSSR count). The fraction of sp³-hybridized carbons (Fsp3) is 0.0500. The highest BCUT2D eigenvalue weighted by Crippen LogP contribution is 2.28. The first-order valence-corrected chi connectivity index (χ1v) is 9.16. The van der Waals surface area contributed by atoms with Crippen LogP contribution in [0.15, 0.2) is 94.7 Å². The summed E-state index contributed by atoms with van der Waals surface area (Å²) in [5.41, 5.74) is 1.87. The topological polar surface area (TPSA) is 17.1 Å². The summed E-state index contributed by atoms with van der Waals surface area (Å²) in [7, 11) is 0. The maximum absolute atomic E-state index is 12.6. The zero-order chi connectivity index (χ0) is 15.9. The lowest BCUT2D eigenvalue weighted by Crippen LogP contribution is -1.98. The smallest absolute Gasteiger partial charge is 0.224 e. The van der Waals surface area contributed by atoms with E-state index >= 15 is 0 Å². The molecule has 1 nitrogen and oxygen atoms in total. The van der Waals surface area contributed by atoms with Gasteiger partial charge in [-0.25, -0.2) is 0 Å². The number of rotatable bonds is 5. The van der Waals surface area contributed by atoms with Crippen LogP contribution in [0.1, 0.15) is 15.9 Å². The lowest BCUT2D eigenvalue weighted by atomic mass is 10.1. The van der Waals surface area contributed by atoms with Crippen molar-refractivity contribution in [3.05, 3.63) is 96.1 Å². The zero-order valence-electron chi connectivity index (χ0n) is 12.5. The van der Waals surface area contributed by atoms with Gasteiger partial charge < -0.3 is 0 Å². The summed E-state index contributed by atoms with van der Waals surface area (Å²) in [5, 5.41) is 0.0976. The van der Waals surface area contributed by atoms with Gasteiger partial charge in [-0.2, -0.15) is 0 Å². The Morgan fingerprint density at radius 2 is 1.26 bits per heavy atom. The molecular formula is C20H16OS2. The molecule has 0 unspecified atom stereocenters. The number of benzene rings is 3. The molecule has 0 atom stereocenters. The molecule has 0 saturated carbocycles. The van der Waals surface area contributed by atoms with Crippen LogP contribution in [0.2, 0.25) is 0 Å². The molecule has 0 amide bonds. The predicted molar refractivity (Wildman–Crippen MR) is 99.1 cm³/mol. The highest BCUT2D eigenvalue weighted by Gasteiger charge is 2.12. The number of carbonyl (C=O) groups excluding carboxylic acids is 1. The average molecular weight is 336 g/mol. The number of carbonyl (C=O) groups is 1. The minimum atomic E-state index is 0.0976. The molecule has 114 valence electrons. The van der Waals surface area contributed by atoms with E-state index in [2.05, 4.69) is 12.1 Å². The molecule has 0 aliphatic carbocycles. The Hall–Kier alpha value is -1.97. The summed E-state index contributed by atoms with van der Waals surface area (Å²) in [6.45, 7) is 0. The number of hydrogen-bond acceptors (Lipinski definition) is 3. The third-order valence-corrected chi connectivity index (χ3v) is 5.30. The van der Waals surface area contributed by atoms with Crippen LogP contribution in [0.4, 0.5) is 0 Å². The summed E-state index contributed by atoms with van der Waals surface area (Å²) in [6.07, 6.45) is 0. The van der Waals surface area contributed by atoms with Gasteiger partial charge in [0.25, 0.3) is 0 Å². The van der Waals surface area contributed by atoms with Crippen molar-refractivity contribution in [2.24, 2.45) is 0 Å². The molecule has 3 heteroatoms. The first-order valence-electron chi connectivity index (χ1n) is 7.36. The van der Waals surface area contributed by atoms with Crippen molar-refractivity contribution in [3.8, 4) is 0 Å². The van der Waals surface area contributed by atoms with Gasteiger partial charge in [0, 0.05) is 21.1 Å². The molecule has 23 heavy (non-hydrogen) atoms. The molecule has 0 radical (unpaired) electrons. The van der Waals surface area contributed by atoms with E-state index in [1.165, 1.54) is 16.7 Å². The third kappa shape index (κ3) is 4.50. The van der Waals surface area contributed by atoms with Gasteiger partial charge in [0.15, 0.2) is 0 Å². The van der Waals surface area contributed by atoms with Crippen LogP contribution in [0.3, 0.4) is 0 Å². The Balaban J connectivity index is 1.73. The van der Waals surface area contributed by atoms with E-state index in [-0.39, 0.29) is 5.12 Å². The monoisotopic (exact) mass is 336 g/mol. The first-order chi connectivity index (χ1) is 11.3. The van der Waals surface area contributed by atoms with Crippen LogP contribution in [0.25, 0.3) is 0 Å². The van der Waals surface area contributed by atoms with Gasteiger partial charge >= 0.3 is 0 Å². The van der Waals surface area contributed by atoms with E-state index in [0.29, 0.717) is 0 Å². The highest BCUT2D eigenvalue weighted by molar-refractivity contribution is 8.14. The second kappa shape index (κ2) is 8.04. The molecule has 0 aliphatic heterocycles. The normalized spacial score (nSPS) is 10.4. The molecule has 0 aromatic heterocycles. The van der Waals surface area contributed by atoms with Crippen LogP contribution >= 0.6 is 23.5 Å². The largest absolute Gasteiger partial charge is 0.281 e. The summed E-state index contributed by atoms with van der Waals surface area (Å²) in [4.78, 5) is 14.8. The van der Waals surface area contributed by atoms with Crippen LogP contribution in [0, 0.1) is 0 Å². The van der Waals surface area contributed by atoms with Gasteiger partial charge in [0.2, 0.25) is 5.12 Å². The molecule has 0 N–H and O–H groups in total. The van der Waals surface area contributed by atoms with Gasteiger partial charge in [-0.05, 0) is 41.6 Å². The second-order valence-corrected chi connectivity index (χ2v) is 7.06. The lowest BCUT2D eigenvalue weighted by molar-refractivity contribution is 0.108. The summed E-state index contributed by atoms with van der Waals surface area (Å²) in [5.74, 6) is 0.793. The molecule has 0 heterocycles. The summed E-state index contributed by atoms with van der Waals surface area (Å²) in [6, 6.07) is 27.9. The van der Waals surface area contributed by atoms with Crippen molar-refractivity contribution in [1.82, 2.24) is 0 Å². The van der Waals surface area contributed by atoms with Crippen molar-refractivity contribution in [2.45, 2.75) is 15.5 Å². The van der Waals surface area contributed by atoms with E-state index < -0.39 is 0 Å². The minimum absolute atomic E-state index is 0.0976. The standard InChI is InChI=1S/C20H16OS2/c21-20(23-18-12-5-2-6-13-18)19-14-8-7-9-16(19)15-22-17-10-3-1-4-11-17/h1-14H,15H2. The van der Waals surface area contributed by atoms with E-state index in [1.54, 1.807) is 11.8 Å². The fourth-order valence-electron chi connectivity index (χ4n) is 2.17. The molecular weight excluding hydrogens is 320 g/mol. The Morgan fingerprint density at radius 3 is 1.96 bits per heavy atom. The molecule has 0 spiro atoms. The lowest BCUT2D eigenvalue weighted by Gasteiger charge is -2.08. The van der Waals surface area contributed by atoms with Gasteiger partial charge in [0.05, 0.1) is 0 Å². The highest BCUT2D eigenvalue weighted by atomic mass is 32.2. The quantitative estimate of drug-likeness (QED) is 0.539. The maximum atomic E-state index is 12.6. The number of hydrogen-bond donors (Lipinski definition) is 0. The molecule has 3 aromatic carbocycles. The van der Waals surface area contributed by atoms with Crippen LogP contribution < -0.4 is 0 Å². The van der Waals surface area contributed by atoms with Crippen molar-refractivity contribution >= 4 is 28.6 Å². The minimum Gasteiger partial charge on any atom is -0.281 e. The van der Waals surface area contributed by atoms with Gasteiger partial charge in [0.1, 0.15) is 0 Å². The molecule has 0 aliphatic rings. The van der Waals surface area contributed by atoms with Crippen molar-refractivity contribution in [3.63, 3.8) is 0 Å². The molecule has 0 saturated heterocycles. The van der Waals surface area contributed by atoms with Crippen LogP contribution in [-0.2, 0) is 5.75 Å². The SMILES string of the molecule is O=C(Sc1ccccc1)c1ccccc1CSc1ccccc1. The van der Waals surface area contributed by atoms with Crippen molar-refractivity contribution < 1.29 is 4.79 Å². The third-order valence-electron chi connectivity index (χ3n) is 3.33. The summed E-state index contributed by atoms with van der Waals surface area (Å²) >= 11 is 3.03. The molecule has 3 aromatic rings. The molecule has 0 fully saturated rings.